The highest BCUT2D eigenvalue weighted by Crippen LogP contribution is 2.40. The molecule has 0 spiro atoms. The molecule has 2 aliphatic carbocycles. The first kappa shape index (κ1) is 18.9. The van der Waals surface area contributed by atoms with Crippen LogP contribution < -0.4 is 0 Å². The summed E-state index contributed by atoms with van der Waals surface area (Å²) >= 11 is 0. The minimum absolute atomic E-state index is 0.409. The standard InChI is InChI=1S/C23H40/c1-3-5-8-11-21-12-14-22(15-13-21)16-20-23(17-6-4-2)18-9-7-10-19-23/h21-22H,3-15,17-19H2,1-2H3. The van der Waals surface area contributed by atoms with Crippen LogP contribution in [0.3, 0.4) is 0 Å². The summed E-state index contributed by atoms with van der Waals surface area (Å²) in [6.07, 6.45) is 22.5. The minimum Gasteiger partial charge on any atom is -0.0993 e. The highest BCUT2D eigenvalue weighted by Gasteiger charge is 2.29. The average molecular weight is 317 g/mol. The first-order valence-electron chi connectivity index (χ1n) is 10.8. The number of rotatable bonds is 7. The molecule has 0 aromatic rings. The van der Waals surface area contributed by atoms with Crippen molar-refractivity contribution in [1.29, 1.82) is 0 Å². The molecular weight excluding hydrogens is 276 g/mol. The molecule has 0 bridgehead atoms. The van der Waals surface area contributed by atoms with Gasteiger partial charge >= 0.3 is 0 Å². The first-order valence-corrected chi connectivity index (χ1v) is 10.8. The first-order chi connectivity index (χ1) is 11.3. The highest BCUT2D eigenvalue weighted by atomic mass is 14.3. The van der Waals surface area contributed by atoms with E-state index in [0.29, 0.717) is 5.41 Å². The van der Waals surface area contributed by atoms with Crippen LogP contribution in [0.5, 0.6) is 0 Å². The molecule has 2 aliphatic rings. The summed E-state index contributed by atoms with van der Waals surface area (Å²) in [5, 5.41) is 0. The Balaban J connectivity index is 1.80. The van der Waals surface area contributed by atoms with E-state index in [1.165, 1.54) is 103 Å². The van der Waals surface area contributed by atoms with Crippen LogP contribution in [0.15, 0.2) is 0 Å². The van der Waals surface area contributed by atoms with Crippen LogP contribution in [0, 0.1) is 29.1 Å². The second-order valence-electron chi connectivity index (χ2n) is 8.43. The second-order valence-corrected chi connectivity index (χ2v) is 8.43. The topological polar surface area (TPSA) is 0 Å². The highest BCUT2D eigenvalue weighted by molar-refractivity contribution is 5.15. The zero-order valence-corrected chi connectivity index (χ0v) is 16.0. The zero-order valence-electron chi connectivity index (χ0n) is 16.0. The largest absolute Gasteiger partial charge is 0.0993 e. The third kappa shape index (κ3) is 6.52. The Kier molecular flexibility index (Phi) is 8.57. The summed E-state index contributed by atoms with van der Waals surface area (Å²) in [6, 6.07) is 0. The molecule has 0 aromatic heterocycles. The summed E-state index contributed by atoms with van der Waals surface area (Å²) < 4.78 is 0. The summed E-state index contributed by atoms with van der Waals surface area (Å²) in [7, 11) is 0. The van der Waals surface area contributed by atoms with E-state index in [-0.39, 0.29) is 0 Å². The van der Waals surface area contributed by atoms with Gasteiger partial charge in [-0.05, 0) is 50.9 Å². The molecule has 0 aromatic carbocycles. The maximum Gasteiger partial charge on any atom is 0.0314 e. The Morgan fingerprint density at radius 2 is 1.52 bits per heavy atom. The predicted octanol–water partition coefficient (Wildman–Crippen LogP) is 7.52. The van der Waals surface area contributed by atoms with Crippen LogP contribution >= 0.6 is 0 Å². The SMILES string of the molecule is CCCCCC1CCC(C#CC2(CCCC)CCCCC2)CC1. The molecule has 0 nitrogen and oxygen atoms in total. The van der Waals surface area contributed by atoms with Gasteiger partial charge in [0.1, 0.15) is 0 Å². The van der Waals surface area contributed by atoms with E-state index >= 15 is 0 Å². The monoisotopic (exact) mass is 316 g/mol. The van der Waals surface area contributed by atoms with E-state index in [1.807, 2.05) is 0 Å². The van der Waals surface area contributed by atoms with Gasteiger partial charge in [0.2, 0.25) is 0 Å². The Bertz CT molecular complexity index is 355. The Hall–Kier alpha value is -0.440. The fraction of sp³-hybridized carbons (Fsp3) is 0.913. The zero-order chi connectivity index (χ0) is 16.4. The molecule has 2 rings (SSSR count). The molecule has 0 unspecified atom stereocenters. The molecule has 23 heavy (non-hydrogen) atoms. The van der Waals surface area contributed by atoms with Crippen LogP contribution in [0.2, 0.25) is 0 Å². The summed E-state index contributed by atoms with van der Waals surface area (Å²) in [4.78, 5) is 0. The third-order valence-corrected chi connectivity index (χ3v) is 6.42. The van der Waals surface area contributed by atoms with Gasteiger partial charge in [-0.1, -0.05) is 83.5 Å². The summed E-state index contributed by atoms with van der Waals surface area (Å²) in [5.41, 5.74) is 0.409. The summed E-state index contributed by atoms with van der Waals surface area (Å²) in [5.74, 6) is 9.37. The molecule has 2 saturated carbocycles. The molecule has 0 heterocycles. The lowest BCUT2D eigenvalue weighted by Crippen LogP contribution is -2.23. The Morgan fingerprint density at radius 3 is 2.17 bits per heavy atom. The average Bonchev–Trinajstić information content (AvgIpc) is 2.60. The predicted molar refractivity (Wildman–Crippen MR) is 102 cm³/mol. The maximum atomic E-state index is 3.86. The van der Waals surface area contributed by atoms with Crippen molar-refractivity contribution < 1.29 is 0 Å². The molecule has 2 fully saturated rings. The van der Waals surface area contributed by atoms with E-state index in [4.69, 9.17) is 0 Å². The van der Waals surface area contributed by atoms with Crippen LogP contribution in [-0.4, -0.2) is 0 Å². The molecular formula is C23H40. The third-order valence-electron chi connectivity index (χ3n) is 6.42. The van der Waals surface area contributed by atoms with Gasteiger partial charge in [-0.2, -0.15) is 0 Å². The lowest BCUT2D eigenvalue weighted by atomic mass is 9.71. The van der Waals surface area contributed by atoms with Crippen molar-refractivity contribution in [2.75, 3.05) is 0 Å². The quantitative estimate of drug-likeness (QED) is 0.336. The van der Waals surface area contributed by atoms with E-state index in [2.05, 4.69) is 25.7 Å². The lowest BCUT2D eigenvalue weighted by molar-refractivity contribution is 0.245. The Morgan fingerprint density at radius 1 is 0.826 bits per heavy atom. The molecule has 0 aliphatic heterocycles. The molecule has 0 atom stereocenters. The van der Waals surface area contributed by atoms with Crippen molar-refractivity contribution >= 4 is 0 Å². The maximum absolute atomic E-state index is 3.86. The van der Waals surface area contributed by atoms with Crippen LogP contribution in [0.25, 0.3) is 0 Å². The van der Waals surface area contributed by atoms with E-state index in [9.17, 15) is 0 Å². The van der Waals surface area contributed by atoms with Gasteiger partial charge in [-0.3, -0.25) is 0 Å². The van der Waals surface area contributed by atoms with Crippen molar-refractivity contribution in [2.24, 2.45) is 17.3 Å². The van der Waals surface area contributed by atoms with Gasteiger partial charge in [-0.25, -0.2) is 0 Å². The van der Waals surface area contributed by atoms with Gasteiger partial charge in [0.15, 0.2) is 0 Å². The van der Waals surface area contributed by atoms with E-state index in [1.54, 1.807) is 0 Å². The number of hydrogen-bond donors (Lipinski definition) is 0. The van der Waals surface area contributed by atoms with Gasteiger partial charge in [0.05, 0.1) is 0 Å². The fourth-order valence-electron chi connectivity index (χ4n) is 4.71. The van der Waals surface area contributed by atoms with Gasteiger partial charge in [0, 0.05) is 11.3 Å². The second kappa shape index (κ2) is 10.4. The van der Waals surface area contributed by atoms with Crippen LogP contribution in [-0.2, 0) is 0 Å². The fourth-order valence-corrected chi connectivity index (χ4v) is 4.71. The molecule has 0 N–H and O–H groups in total. The molecule has 0 amide bonds. The van der Waals surface area contributed by atoms with Crippen molar-refractivity contribution in [3.8, 4) is 11.8 Å². The number of hydrogen-bond acceptors (Lipinski definition) is 0. The molecule has 0 heteroatoms. The lowest BCUT2D eigenvalue weighted by Gasteiger charge is -2.33. The molecule has 0 radical (unpaired) electrons. The van der Waals surface area contributed by atoms with Crippen molar-refractivity contribution in [3.05, 3.63) is 0 Å². The number of unbranched alkanes of at least 4 members (excludes halogenated alkanes) is 3. The van der Waals surface area contributed by atoms with E-state index < -0.39 is 0 Å². The minimum atomic E-state index is 0.409. The summed E-state index contributed by atoms with van der Waals surface area (Å²) in [6.45, 7) is 4.63. The normalized spacial score (nSPS) is 27.2. The van der Waals surface area contributed by atoms with Crippen molar-refractivity contribution in [2.45, 2.75) is 117 Å². The Labute approximate surface area is 146 Å². The van der Waals surface area contributed by atoms with Gasteiger partial charge < -0.3 is 0 Å². The van der Waals surface area contributed by atoms with Crippen molar-refractivity contribution in [1.82, 2.24) is 0 Å². The van der Waals surface area contributed by atoms with Gasteiger partial charge in [0.25, 0.3) is 0 Å². The van der Waals surface area contributed by atoms with Gasteiger partial charge in [-0.15, -0.1) is 0 Å². The van der Waals surface area contributed by atoms with E-state index in [0.717, 1.165) is 11.8 Å². The van der Waals surface area contributed by atoms with Crippen molar-refractivity contribution in [3.63, 3.8) is 0 Å². The van der Waals surface area contributed by atoms with Crippen LogP contribution in [0.1, 0.15) is 117 Å². The van der Waals surface area contributed by atoms with Crippen LogP contribution in [0.4, 0.5) is 0 Å². The smallest absolute Gasteiger partial charge is 0.0314 e. The molecule has 0 saturated heterocycles. The molecule has 132 valence electrons.